The topological polar surface area (TPSA) is 72.7 Å². The van der Waals surface area contributed by atoms with Crippen molar-refractivity contribution in [1.29, 1.82) is 0 Å². The Hall–Kier alpha value is -2.70. The zero-order chi connectivity index (χ0) is 19.8. The lowest BCUT2D eigenvalue weighted by Crippen LogP contribution is -2.39. The second kappa shape index (κ2) is 9.85. The van der Waals surface area contributed by atoms with E-state index in [0.717, 1.165) is 41.8 Å². The highest BCUT2D eigenvalue weighted by Gasteiger charge is 2.09. The van der Waals surface area contributed by atoms with Gasteiger partial charge in [-0.1, -0.05) is 13.0 Å². The number of aryl methyl sites for hydroxylation is 2. The molecule has 1 atom stereocenters. The Morgan fingerprint density at radius 2 is 1.89 bits per heavy atom. The molecule has 2 N–H and O–H groups in total. The number of methoxy groups -OCH3 is 2. The number of ether oxygens (including phenoxy) is 2. The van der Waals surface area contributed by atoms with Crippen molar-refractivity contribution < 1.29 is 9.47 Å². The van der Waals surface area contributed by atoms with Gasteiger partial charge < -0.3 is 20.1 Å². The Labute approximate surface area is 161 Å². The zero-order valence-corrected chi connectivity index (χ0v) is 17.2. The summed E-state index contributed by atoms with van der Waals surface area (Å²) < 4.78 is 12.7. The highest BCUT2D eigenvalue weighted by Crippen LogP contribution is 2.27. The predicted octanol–water partition coefficient (Wildman–Crippen LogP) is 2.52. The van der Waals surface area contributed by atoms with Gasteiger partial charge in [-0.25, -0.2) is 0 Å². The van der Waals surface area contributed by atoms with E-state index in [2.05, 4.69) is 45.3 Å². The van der Waals surface area contributed by atoms with Crippen molar-refractivity contribution in [1.82, 2.24) is 20.4 Å². The van der Waals surface area contributed by atoms with E-state index in [1.807, 2.05) is 25.1 Å². The van der Waals surface area contributed by atoms with Crippen LogP contribution in [0, 0.1) is 19.8 Å². The molecule has 0 radical (unpaired) electrons. The molecule has 0 spiro atoms. The minimum Gasteiger partial charge on any atom is -0.493 e. The monoisotopic (exact) mass is 373 g/mol. The van der Waals surface area contributed by atoms with E-state index in [1.54, 1.807) is 21.3 Å². The van der Waals surface area contributed by atoms with E-state index in [1.165, 1.54) is 5.69 Å². The summed E-state index contributed by atoms with van der Waals surface area (Å²) in [6.45, 7) is 8.64. The van der Waals surface area contributed by atoms with Gasteiger partial charge in [0, 0.05) is 32.4 Å². The maximum Gasteiger partial charge on any atom is 0.191 e. The minimum atomic E-state index is 0.419. The molecule has 0 amide bonds. The normalized spacial score (nSPS) is 12.6. The first-order valence-corrected chi connectivity index (χ1v) is 9.13. The molecule has 7 heteroatoms. The van der Waals surface area contributed by atoms with Gasteiger partial charge in [-0.15, -0.1) is 0 Å². The molecule has 27 heavy (non-hydrogen) atoms. The average Bonchev–Trinajstić information content (AvgIpc) is 2.98. The van der Waals surface area contributed by atoms with Crippen molar-refractivity contribution in [2.45, 2.75) is 33.9 Å². The van der Waals surface area contributed by atoms with Crippen LogP contribution in [0.3, 0.4) is 0 Å². The Kier molecular flexibility index (Phi) is 7.52. The van der Waals surface area contributed by atoms with Crippen LogP contribution < -0.4 is 20.1 Å². The fourth-order valence-corrected chi connectivity index (χ4v) is 2.89. The van der Waals surface area contributed by atoms with E-state index in [9.17, 15) is 0 Å². The lowest BCUT2D eigenvalue weighted by Gasteiger charge is -2.17. The van der Waals surface area contributed by atoms with Gasteiger partial charge in [-0.3, -0.25) is 9.67 Å². The molecule has 148 valence electrons. The predicted molar refractivity (Wildman–Crippen MR) is 109 cm³/mol. The average molecular weight is 374 g/mol. The number of nitrogens with one attached hydrogen (secondary N) is 2. The minimum absolute atomic E-state index is 0.419. The molecule has 7 nitrogen and oxygen atoms in total. The number of aromatic nitrogens is 2. The first-order chi connectivity index (χ1) is 13.0. The third kappa shape index (κ3) is 5.91. The summed E-state index contributed by atoms with van der Waals surface area (Å²) in [7, 11) is 5.05. The molecule has 1 unspecified atom stereocenters. The summed E-state index contributed by atoms with van der Waals surface area (Å²) in [4.78, 5) is 4.30. The van der Waals surface area contributed by atoms with Crippen molar-refractivity contribution in [2.75, 3.05) is 27.8 Å². The van der Waals surface area contributed by atoms with Gasteiger partial charge in [-0.2, -0.15) is 5.10 Å². The van der Waals surface area contributed by atoms with E-state index in [-0.39, 0.29) is 0 Å². The Morgan fingerprint density at radius 3 is 2.48 bits per heavy atom. The van der Waals surface area contributed by atoms with E-state index in [0.29, 0.717) is 12.5 Å². The van der Waals surface area contributed by atoms with Crippen LogP contribution in [0.5, 0.6) is 11.5 Å². The Morgan fingerprint density at radius 1 is 1.15 bits per heavy atom. The molecule has 1 aromatic carbocycles. The summed E-state index contributed by atoms with van der Waals surface area (Å²) in [5.41, 5.74) is 3.33. The summed E-state index contributed by atoms with van der Waals surface area (Å²) in [5, 5.41) is 11.2. The lowest BCUT2D eigenvalue weighted by atomic mass is 10.2. The molecular formula is C20H31N5O2. The van der Waals surface area contributed by atoms with Crippen molar-refractivity contribution in [3.63, 3.8) is 0 Å². The molecule has 0 fully saturated rings. The summed E-state index contributed by atoms with van der Waals surface area (Å²) in [5.74, 6) is 2.63. The zero-order valence-electron chi connectivity index (χ0n) is 17.2. The number of guanidine groups is 1. The van der Waals surface area contributed by atoms with Crippen molar-refractivity contribution in [3.05, 3.63) is 41.2 Å². The van der Waals surface area contributed by atoms with Gasteiger partial charge in [0.05, 0.1) is 19.9 Å². The fraction of sp³-hybridized carbons (Fsp3) is 0.500. The molecule has 0 bridgehead atoms. The van der Waals surface area contributed by atoms with Crippen LogP contribution in [0.25, 0.3) is 0 Å². The molecule has 0 aliphatic carbocycles. The standard InChI is InChI=1S/C20H31N5O2/c1-14(13-25-16(3)9-15(2)24-25)11-22-20(21-4)23-12-17-7-8-18(26-5)19(10-17)27-6/h7-10,14H,11-13H2,1-6H3,(H2,21,22,23). The molecule has 0 aliphatic rings. The Bertz CT molecular complexity index is 770. The van der Waals surface area contributed by atoms with Gasteiger partial charge >= 0.3 is 0 Å². The van der Waals surface area contributed by atoms with Crippen LogP contribution in [-0.4, -0.2) is 43.6 Å². The summed E-state index contributed by atoms with van der Waals surface area (Å²) in [6, 6.07) is 7.98. The second-order valence-corrected chi connectivity index (χ2v) is 6.71. The van der Waals surface area contributed by atoms with Crippen LogP contribution in [0.1, 0.15) is 23.9 Å². The first kappa shape index (κ1) is 20.6. The Balaban J connectivity index is 1.84. The first-order valence-electron chi connectivity index (χ1n) is 9.13. The highest BCUT2D eigenvalue weighted by molar-refractivity contribution is 5.79. The SMILES string of the molecule is CN=C(NCc1ccc(OC)c(OC)c1)NCC(C)Cn1nc(C)cc1C. The maximum atomic E-state index is 5.35. The molecular weight excluding hydrogens is 342 g/mol. The molecule has 1 heterocycles. The molecule has 2 aromatic rings. The summed E-state index contributed by atoms with van der Waals surface area (Å²) >= 11 is 0. The van der Waals surface area contributed by atoms with Crippen LogP contribution >= 0.6 is 0 Å². The van der Waals surface area contributed by atoms with Gasteiger partial charge in [-0.05, 0) is 43.5 Å². The van der Waals surface area contributed by atoms with Crippen LogP contribution in [-0.2, 0) is 13.1 Å². The highest BCUT2D eigenvalue weighted by atomic mass is 16.5. The second-order valence-electron chi connectivity index (χ2n) is 6.71. The van der Waals surface area contributed by atoms with Gasteiger partial charge in [0.15, 0.2) is 17.5 Å². The van der Waals surface area contributed by atoms with Gasteiger partial charge in [0.25, 0.3) is 0 Å². The molecule has 1 aromatic heterocycles. The van der Waals surface area contributed by atoms with Gasteiger partial charge in [0.1, 0.15) is 0 Å². The third-order valence-electron chi connectivity index (χ3n) is 4.34. The third-order valence-corrected chi connectivity index (χ3v) is 4.34. The molecule has 0 saturated heterocycles. The number of rotatable bonds is 8. The summed E-state index contributed by atoms with van der Waals surface area (Å²) in [6.07, 6.45) is 0. The number of hydrogen-bond donors (Lipinski definition) is 2. The van der Waals surface area contributed by atoms with Crippen molar-refractivity contribution in [2.24, 2.45) is 10.9 Å². The quantitative estimate of drug-likeness (QED) is 0.549. The van der Waals surface area contributed by atoms with E-state index < -0.39 is 0 Å². The number of aliphatic imine (C=N–C) groups is 1. The van der Waals surface area contributed by atoms with E-state index in [4.69, 9.17) is 9.47 Å². The lowest BCUT2D eigenvalue weighted by molar-refractivity contribution is 0.354. The fourth-order valence-electron chi connectivity index (χ4n) is 2.89. The molecule has 0 saturated carbocycles. The van der Waals surface area contributed by atoms with Crippen LogP contribution in [0.4, 0.5) is 0 Å². The number of nitrogens with zero attached hydrogens (tertiary/aromatic N) is 3. The maximum absolute atomic E-state index is 5.35. The largest absolute Gasteiger partial charge is 0.493 e. The van der Waals surface area contributed by atoms with Crippen molar-refractivity contribution in [3.8, 4) is 11.5 Å². The van der Waals surface area contributed by atoms with E-state index >= 15 is 0 Å². The van der Waals surface area contributed by atoms with Crippen LogP contribution in [0.15, 0.2) is 29.3 Å². The smallest absolute Gasteiger partial charge is 0.191 e. The number of benzene rings is 1. The number of hydrogen-bond acceptors (Lipinski definition) is 4. The van der Waals surface area contributed by atoms with Crippen LogP contribution in [0.2, 0.25) is 0 Å². The van der Waals surface area contributed by atoms with Crippen molar-refractivity contribution >= 4 is 5.96 Å². The molecule has 0 aliphatic heterocycles. The molecule has 2 rings (SSSR count). The van der Waals surface area contributed by atoms with Gasteiger partial charge in [0.2, 0.25) is 0 Å².